The van der Waals surface area contributed by atoms with E-state index in [1.54, 1.807) is 18.3 Å². The van der Waals surface area contributed by atoms with Crippen LogP contribution in [0.2, 0.25) is 0 Å². The molecule has 0 bridgehead atoms. The second-order valence-corrected chi connectivity index (χ2v) is 6.21. The summed E-state index contributed by atoms with van der Waals surface area (Å²) in [6.45, 7) is 4.77. The summed E-state index contributed by atoms with van der Waals surface area (Å²) in [6.07, 6.45) is 3.21. The van der Waals surface area contributed by atoms with Gasteiger partial charge in [0.15, 0.2) is 0 Å². The molecule has 26 heavy (non-hydrogen) atoms. The highest BCUT2D eigenvalue weighted by Gasteiger charge is 2.13. The van der Waals surface area contributed by atoms with E-state index in [0.29, 0.717) is 17.9 Å². The number of halogens is 1. The lowest BCUT2D eigenvalue weighted by Gasteiger charge is -2.26. The van der Waals surface area contributed by atoms with E-state index >= 15 is 0 Å². The summed E-state index contributed by atoms with van der Waals surface area (Å²) < 4.78 is 25.7. The van der Waals surface area contributed by atoms with E-state index < -0.39 is 0 Å². The van der Waals surface area contributed by atoms with Crippen LogP contribution in [-0.2, 0) is 4.74 Å². The maximum atomic E-state index is 14.5. The minimum atomic E-state index is -0.295. The van der Waals surface area contributed by atoms with Gasteiger partial charge in [-0.2, -0.15) is 0 Å². The van der Waals surface area contributed by atoms with Crippen LogP contribution in [0, 0.1) is 5.82 Å². The zero-order chi connectivity index (χ0) is 17.8. The monoisotopic (exact) mass is 353 g/mol. The highest BCUT2D eigenvalue weighted by molar-refractivity contribution is 5.93. The Balaban J connectivity index is 1.54. The lowest BCUT2D eigenvalue weighted by molar-refractivity contribution is 0.0322. The third kappa shape index (κ3) is 3.66. The number of benzene rings is 2. The van der Waals surface area contributed by atoms with Crippen LogP contribution in [0.4, 0.5) is 4.39 Å². The van der Waals surface area contributed by atoms with Crippen LogP contribution in [0.5, 0.6) is 5.75 Å². The van der Waals surface area contributed by atoms with E-state index in [9.17, 15) is 4.39 Å². The Morgan fingerprint density at radius 2 is 2.00 bits per heavy atom. The molecular weight excluding hydrogens is 333 g/mol. The fraction of sp³-hybridized carbons (Fsp3) is 0.300. The normalized spacial score (nSPS) is 15.3. The Kier molecular flexibility index (Phi) is 5.04. The second kappa shape index (κ2) is 7.76. The van der Waals surface area contributed by atoms with E-state index in [-0.39, 0.29) is 5.82 Å². The third-order valence-electron chi connectivity index (χ3n) is 4.54. The number of para-hydroxylation sites is 1. The SMILES string of the molecule is Fc1ccc(OCCN2CCOCC2)cc1-c1cccc2cncnc12. The molecule has 1 aliphatic heterocycles. The largest absolute Gasteiger partial charge is 0.492 e. The summed E-state index contributed by atoms with van der Waals surface area (Å²) in [5.41, 5.74) is 1.95. The molecule has 4 rings (SSSR count). The van der Waals surface area contributed by atoms with Crippen LogP contribution in [0.15, 0.2) is 48.9 Å². The molecule has 0 aliphatic carbocycles. The van der Waals surface area contributed by atoms with Crippen molar-refractivity contribution in [3.63, 3.8) is 0 Å². The van der Waals surface area contributed by atoms with Crippen molar-refractivity contribution in [3.8, 4) is 16.9 Å². The molecule has 1 aromatic heterocycles. The molecule has 0 saturated carbocycles. The predicted molar refractivity (Wildman–Crippen MR) is 97.7 cm³/mol. The van der Waals surface area contributed by atoms with Gasteiger partial charge in [0.1, 0.15) is 24.5 Å². The summed E-state index contributed by atoms with van der Waals surface area (Å²) in [5, 5.41) is 0.878. The number of morpholine rings is 1. The molecule has 0 spiro atoms. The number of nitrogens with zero attached hydrogens (tertiary/aromatic N) is 3. The molecule has 0 N–H and O–H groups in total. The Labute approximate surface area is 151 Å². The smallest absolute Gasteiger partial charge is 0.131 e. The zero-order valence-corrected chi connectivity index (χ0v) is 14.4. The molecule has 0 atom stereocenters. The maximum absolute atomic E-state index is 14.5. The first-order valence-corrected chi connectivity index (χ1v) is 8.73. The number of hydrogen-bond acceptors (Lipinski definition) is 5. The van der Waals surface area contributed by atoms with Crippen molar-refractivity contribution >= 4 is 10.9 Å². The summed E-state index contributed by atoms with van der Waals surface area (Å²) >= 11 is 0. The van der Waals surface area contributed by atoms with Crippen LogP contribution in [0.3, 0.4) is 0 Å². The summed E-state index contributed by atoms with van der Waals surface area (Å²) in [4.78, 5) is 10.6. The maximum Gasteiger partial charge on any atom is 0.131 e. The molecule has 1 fully saturated rings. The molecule has 0 amide bonds. The van der Waals surface area contributed by atoms with E-state index in [2.05, 4.69) is 14.9 Å². The van der Waals surface area contributed by atoms with Gasteiger partial charge < -0.3 is 9.47 Å². The fourth-order valence-corrected chi connectivity index (χ4v) is 3.15. The number of hydrogen-bond donors (Lipinski definition) is 0. The molecule has 0 unspecified atom stereocenters. The standard InChI is InChI=1S/C20H20FN3O2/c21-19-5-4-16(26-11-8-24-6-9-25-10-7-24)12-18(19)17-3-1-2-15-13-22-14-23-20(15)17/h1-5,12-14H,6-11H2. The van der Waals surface area contributed by atoms with Crippen molar-refractivity contribution < 1.29 is 13.9 Å². The number of rotatable bonds is 5. The van der Waals surface area contributed by atoms with E-state index in [4.69, 9.17) is 9.47 Å². The van der Waals surface area contributed by atoms with Gasteiger partial charge in [0, 0.05) is 42.3 Å². The van der Waals surface area contributed by atoms with Gasteiger partial charge in [0.2, 0.25) is 0 Å². The summed E-state index contributed by atoms with van der Waals surface area (Å²) in [5.74, 6) is 0.359. The van der Waals surface area contributed by atoms with Crippen molar-refractivity contribution in [3.05, 3.63) is 54.7 Å². The van der Waals surface area contributed by atoms with Gasteiger partial charge in [0.25, 0.3) is 0 Å². The van der Waals surface area contributed by atoms with Crippen LogP contribution in [0.25, 0.3) is 22.0 Å². The first-order valence-electron chi connectivity index (χ1n) is 8.73. The van der Waals surface area contributed by atoms with Gasteiger partial charge in [-0.1, -0.05) is 18.2 Å². The van der Waals surface area contributed by atoms with Crippen LogP contribution in [-0.4, -0.2) is 54.3 Å². The molecule has 5 nitrogen and oxygen atoms in total. The molecule has 1 saturated heterocycles. The average molecular weight is 353 g/mol. The lowest BCUT2D eigenvalue weighted by atomic mass is 10.0. The molecule has 3 aromatic rings. The predicted octanol–water partition coefficient (Wildman–Crippen LogP) is 3.15. The first-order chi connectivity index (χ1) is 12.8. The first kappa shape index (κ1) is 16.9. The van der Waals surface area contributed by atoms with Crippen molar-refractivity contribution in [1.29, 1.82) is 0 Å². The van der Waals surface area contributed by atoms with Crippen LogP contribution >= 0.6 is 0 Å². The minimum Gasteiger partial charge on any atom is -0.492 e. The van der Waals surface area contributed by atoms with Gasteiger partial charge >= 0.3 is 0 Å². The van der Waals surface area contributed by atoms with Gasteiger partial charge in [-0.25, -0.2) is 14.4 Å². The average Bonchev–Trinajstić information content (AvgIpc) is 2.70. The topological polar surface area (TPSA) is 47.5 Å². The quantitative estimate of drug-likeness (QED) is 0.705. The Hall–Kier alpha value is -2.57. The van der Waals surface area contributed by atoms with E-state index in [1.807, 2.05) is 18.2 Å². The third-order valence-corrected chi connectivity index (χ3v) is 4.54. The van der Waals surface area contributed by atoms with Gasteiger partial charge in [-0.3, -0.25) is 4.90 Å². The molecule has 134 valence electrons. The number of fused-ring (bicyclic) bond motifs is 1. The van der Waals surface area contributed by atoms with E-state index in [0.717, 1.165) is 49.3 Å². The van der Waals surface area contributed by atoms with Crippen molar-refractivity contribution in [1.82, 2.24) is 14.9 Å². The Morgan fingerprint density at radius 3 is 2.88 bits per heavy atom. The van der Waals surface area contributed by atoms with Gasteiger partial charge in [0.05, 0.1) is 18.7 Å². The molecule has 1 aliphatic rings. The number of aromatic nitrogens is 2. The molecule has 0 radical (unpaired) electrons. The second-order valence-electron chi connectivity index (χ2n) is 6.21. The van der Waals surface area contributed by atoms with Crippen molar-refractivity contribution in [2.45, 2.75) is 0 Å². The molecule has 6 heteroatoms. The molecule has 2 heterocycles. The number of ether oxygens (including phenoxy) is 2. The Bertz CT molecular complexity index is 892. The highest BCUT2D eigenvalue weighted by Crippen LogP contribution is 2.31. The molecular formula is C20H20FN3O2. The summed E-state index contributed by atoms with van der Waals surface area (Å²) in [7, 11) is 0. The fourth-order valence-electron chi connectivity index (χ4n) is 3.15. The zero-order valence-electron chi connectivity index (χ0n) is 14.4. The lowest BCUT2D eigenvalue weighted by Crippen LogP contribution is -2.38. The Morgan fingerprint density at radius 1 is 1.12 bits per heavy atom. The van der Waals surface area contributed by atoms with Gasteiger partial charge in [-0.15, -0.1) is 0 Å². The van der Waals surface area contributed by atoms with Crippen LogP contribution < -0.4 is 4.74 Å². The van der Waals surface area contributed by atoms with Crippen LogP contribution in [0.1, 0.15) is 0 Å². The van der Waals surface area contributed by atoms with E-state index in [1.165, 1.54) is 12.4 Å². The molecule has 2 aromatic carbocycles. The van der Waals surface area contributed by atoms with Gasteiger partial charge in [-0.05, 0) is 18.2 Å². The van der Waals surface area contributed by atoms with Crippen molar-refractivity contribution in [2.75, 3.05) is 39.5 Å². The minimum absolute atomic E-state index is 0.295. The summed E-state index contributed by atoms with van der Waals surface area (Å²) in [6, 6.07) is 10.5. The highest BCUT2D eigenvalue weighted by atomic mass is 19.1. The van der Waals surface area contributed by atoms with Crippen molar-refractivity contribution in [2.24, 2.45) is 0 Å².